The number of ether oxygens (including phenoxy) is 3. The maximum Gasteiger partial charge on any atom is 0.229 e. The van der Waals surface area contributed by atoms with Crippen molar-refractivity contribution in [2.24, 2.45) is 11.7 Å². The maximum absolute atomic E-state index is 12.4. The van der Waals surface area contributed by atoms with Gasteiger partial charge < -0.3 is 25.1 Å². The first-order chi connectivity index (χ1) is 21.0. The zero-order chi connectivity index (χ0) is 31.9. The molecular formula is C35H42N2O6S. The number of aliphatic hydroxyl groups excluding tert-OH is 1. The Bertz CT molecular complexity index is 1560. The Labute approximate surface area is 260 Å². The SMILES string of the molecule is CCC(C)C(c1ccc(OC)cc1)(c1ccc(OC)cc1)C(O)C(N)c1ccc(OCc2ccccc2)c(NS(C)(=O)=O)c1. The fourth-order valence-corrected chi connectivity index (χ4v) is 6.34. The van der Waals surface area contributed by atoms with Crippen LogP contribution in [0, 0.1) is 5.92 Å². The van der Waals surface area contributed by atoms with E-state index in [0.717, 1.165) is 29.4 Å². The predicted molar refractivity (Wildman–Crippen MR) is 175 cm³/mol. The van der Waals surface area contributed by atoms with Crippen LogP contribution in [0.1, 0.15) is 48.6 Å². The summed E-state index contributed by atoms with van der Waals surface area (Å²) in [7, 11) is -0.424. The van der Waals surface area contributed by atoms with Gasteiger partial charge in [-0.2, -0.15) is 0 Å². The van der Waals surface area contributed by atoms with Crippen LogP contribution in [0.2, 0.25) is 0 Å². The molecule has 4 aromatic rings. The molecule has 4 N–H and O–H groups in total. The van der Waals surface area contributed by atoms with E-state index in [4.69, 9.17) is 19.9 Å². The Morgan fingerprint density at radius 3 is 1.89 bits per heavy atom. The van der Waals surface area contributed by atoms with E-state index in [1.165, 1.54) is 0 Å². The van der Waals surface area contributed by atoms with Crippen molar-refractivity contribution in [1.82, 2.24) is 0 Å². The standard InChI is InChI=1S/C35H42N2O6S/c1-6-24(2)35(27-13-17-29(41-3)18-14-27,28-15-19-30(42-4)20-16-28)34(38)33(36)26-12-21-32(31(22-26)37-44(5,39)40)43-23-25-10-8-7-9-11-25/h7-22,24,33-34,37-38H,6,23,36H2,1-5H3. The molecule has 234 valence electrons. The molecule has 0 bridgehead atoms. The number of hydrogen-bond donors (Lipinski definition) is 3. The molecule has 0 aliphatic carbocycles. The monoisotopic (exact) mass is 618 g/mol. The number of nitrogens with one attached hydrogen (secondary N) is 1. The molecule has 0 aromatic heterocycles. The van der Waals surface area contributed by atoms with Crippen LogP contribution in [-0.4, -0.2) is 40.1 Å². The van der Waals surface area contributed by atoms with E-state index in [1.807, 2.05) is 78.9 Å². The van der Waals surface area contributed by atoms with Gasteiger partial charge in [0, 0.05) is 0 Å². The summed E-state index contributed by atoms with van der Waals surface area (Å²) < 4.78 is 44.1. The van der Waals surface area contributed by atoms with Crippen LogP contribution in [0.15, 0.2) is 97.1 Å². The van der Waals surface area contributed by atoms with Crippen molar-refractivity contribution in [3.8, 4) is 17.2 Å². The van der Waals surface area contributed by atoms with E-state index < -0.39 is 27.6 Å². The number of anilines is 1. The molecule has 0 fully saturated rings. The van der Waals surface area contributed by atoms with Gasteiger partial charge in [0.1, 0.15) is 23.9 Å². The van der Waals surface area contributed by atoms with Crippen LogP contribution >= 0.6 is 0 Å². The first-order valence-corrected chi connectivity index (χ1v) is 16.4. The number of rotatable bonds is 14. The second-order valence-corrected chi connectivity index (χ2v) is 12.8. The molecular weight excluding hydrogens is 576 g/mol. The summed E-state index contributed by atoms with van der Waals surface area (Å²) in [4.78, 5) is 0. The molecule has 0 saturated heterocycles. The van der Waals surface area contributed by atoms with Gasteiger partial charge in [-0.15, -0.1) is 0 Å². The van der Waals surface area contributed by atoms with Crippen molar-refractivity contribution >= 4 is 15.7 Å². The second kappa shape index (κ2) is 14.2. The number of benzene rings is 4. The molecule has 3 unspecified atom stereocenters. The molecule has 0 aliphatic rings. The number of sulfonamides is 1. The minimum Gasteiger partial charge on any atom is -0.497 e. The number of hydrogen-bond acceptors (Lipinski definition) is 7. The topological polar surface area (TPSA) is 120 Å². The number of nitrogens with two attached hydrogens (primary N) is 1. The van der Waals surface area contributed by atoms with Crippen LogP contribution in [-0.2, 0) is 22.0 Å². The molecule has 9 heteroatoms. The van der Waals surface area contributed by atoms with Gasteiger partial charge in [0.25, 0.3) is 0 Å². The van der Waals surface area contributed by atoms with Crippen LogP contribution < -0.4 is 24.7 Å². The normalized spacial score (nSPS) is 13.9. The van der Waals surface area contributed by atoms with Crippen molar-refractivity contribution < 1.29 is 27.7 Å². The van der Waals surface area contributed by atoms with Gasteiger partial charge in [0.2, 0.25) is 10.0 Å². The molecule has 0 saturated carbocycles. The predicted octanol–water partition coefficient (Wildman–Crippen LogP) is 6.05. The molecule has 0 heterocycles. The summed E-state index contributed by atoms with van der Waals surface area (Å²) in [6.07, 6.45) is 0.701. The molecule has 0 spiro atoms. The van der Waals surface area contributed by atoms with Crippen molar-refractivity contribution in [3.63, 3.8) is 0 Å². The molecule has 4 aromatic carbocycles. The third-order valence-corrected chi connectivity index (χ3v) is 8.84. The highest BCUT2D eigenvalue weighted by molar-refractivity contribution is 7.92. The highest BCUT2D eigenvalue weighted by Gasteiger charge is 2.48. The van der Waals surface area contributed by atoms with Crippen LogP contribution in [0.4, 0.5) is 5.69 Å². The lowest BCUT2D eigenvalue weighted by molar-refractivity contribution is 0.0461. The molecule has 8 nitrogen and oxygen atoms in total. The van der Waals surface area contributed by atoms with Crippen LogP contribution in [0.5, 0.6) is 17.2 Å². The van der Waals surface area contributed by atoms with Gasteiger partial charge >= 0.3 is 0 Å². The third kappa shape index (κ3) is 7.18. The molecule has 0 amide bonds. The second-order valence-electron chi connectivity index (χ2n) is 11.0. The zero-order valence-electron chi connectivity index (χ0n) is 25.9. The quantitative estimate of drug-likeness (QED) is 0.157. The van der Waals surface area contributed by atoms with E-state index in [2.05, 4.69) is 18.6 Å². The fourth-order valence-electron chi connectivity index (χ4n) is 5.79. The van der Waals surface area contributed by atoms with Crippen LogP contribution in [0.25, 0.3) is 0 Å². The average molecular weight is 619 g/mol. The number of aliphatic hydroxyl groups is 1. The minimum atomic E-state index is -3.65. The lowest BCUT2D eigenvalue weighted by Crippen LogP contribution is -2.51. The van der Waals surface area contributed by atoms with Gasteiger partial charge in [0.15, 0.2) is 0 Å². The first kappa shape index (κ1) is 32.9. The Morgan fingerprint density at radius 1 is 0.864 bits per heavy atom. The Hall–Kier alpha value is -4.05. The third-order valence-electron chi connectivity index (χ3n) is 8.25. The average Bonchev–Trinajstić information content (AvgIpc) is 3.04. The minimum absolute atomic E-state index is 0.0626. The van der Waals surface area contributed by atoms with E-state index >= 15 is 0 Å². The van der Waals surface area contributed by atoms with Gasteiger partial charge in [-0.1, -0.05) is 80.9 Å². The summed E-state index contributed by atoms with van der Waals surface area (Å²) in [5.74, 6) is 1.68. The fraction of sp³-hybridized carbons (Fsp3) is 0.314. The van der Waals surface area contributed by atoms with Crippen molar-refractivity contribution in [2.45, 2.75) is 44.4 Å². The molecule has 4 rings (SSSR count). The van der Waals surface area contributed by atoms with E-state index in [0.29, 0.717) is 22.8 Å². The van der Waals surface area contributed by atoms with Crippen LogP contribution in [0.3, 0.4) is 0 Å². The maximum atomic E-state index is 12.4. The lowest BCUT2D eigenvalue weighted by atomic mass is 9.60. The summed E-state index contributed by atoms with van der Waals surface area (Å²) >= 11 is 0. The highest BCUT2D eigenvalue weighted by Crippen LogP contribution is 2.48. The smallest absolute Gasteiger partial charge is 0.229 e. The molecule has 44 heavy (non-hydrogen) atoms. The van der Waals surface area contributed by atoms with E-state index in [1.54, 1.807) is 32.4 Å². The Balaban J connectivity index is 1.82. The summed E-state index contributed by atoms with van der Waals surface area (Å²) in [6, 6.07) is 29.1. The van der Waals surface area contributed by atoms with Crippen molar-refractivity contribution in [1.29, 1.82) is 0 Å². The van der Waals surface area contributed by atoms with E-state index in [9.17, 15) is 13.5 Å². The first-order valence-electron chi connectivity index (χ1n) is 14.5. The molecule has 3 atom stereocenters. The summed E-state index contributed by atoms with van der Waals surface area (Å²) in [6.45, 7) is 4.43. The Kier molecular flexibility index (Phi) is 10.6. The largest absolute Gasteiger partial charge is 0.497 e. The van der Waals surface area contributed by atoms with Crippen molar-refractivity contribution in [2.75, 3.05) is 25.2 Å². The summed E-state index contributed by atoms with van der Waals surface area (Å²) in [5.41, 5.74) is 9.46. The molecule has 0 aliphatic heterocycles. The van der Waals surface area contributed by atoms with Gasteiger partial charge in [-0.05, 0) is 64.6 Å². The van der Waals surface area contributed by atoms with Gasteiger partial charge in [-0.3, -0.25) is 4.72 Å². The number of methoxy groups -OCH3 is 2. The Morgan fingerprint density at radius 2 is 1.41 bits per heavy atom. The lowest BCUT2D eigenvalue weighted by Gasteiger charge is -2.46. The summed E-state index contributed by atoms with van der Waals surface area (Å²) in [5, 5.41) is 12.4. The van der Waals surface area contributed by atoms with Gasteiger partial charge in [-0.25, -0.2) is 8.42 Å². The zero-order valence-corrected chi connectivity index (χ0v) is 26.7. The van der Waals surface area contributed by atoms with E-state index in [-0.39, 0.29) is 18.2 Å². The highest BCUT2D eigenvalue weighted by atomic mass is 32.2. The molecule has 0 radical (unpaired) electrons. The van der Waals surface area contributed by atoms with Crippen molar-refractivity contribution in [3.05, 3.63) is 119 Å². The van der Waals surface area contributed by atoms with Gasteiger partial charge in [0.05, 0.1) is 43.7 Å².